The molecule has 0 atom stereocenters. The van der Waals surface area contributed by atoms with Gasteiger partial charge in [0.25, 0.3) is 0 Å². The van der Waals surface area contributed by atoms with Crippen molar-refractivity contribution in [3.63, 3.8) is 0 Å². The minimum atomic E-state index is -0.272. The number of hydrogen-bond acceptors (Lipinski definition) is 3. The summed E-state index contributed by atoms with van der Waals surface area (Å²) in [5.74, 6) is 1.99. The van der Waals surface area contributed by atoms with Crippen molar-refractivity contribution in [2.24, 2.45) is 10.9 Å². The van der Waals surface area contributed by atoms with Gasteiger partial charge in [0, 0.05) is 45.7 Å². The number of ether oxygens (including phenoxy) is 1. The summed E-state index contributed by atoms with van der Waals surface area (Å²) in [6.07, 6.45) is 6.99. The average Bonchev–Trinajstić information content (AvgIpc) is 3.40. The summed E-state index contributed by atoms with van der Waals surface area (Å²) in [5, 5.41) is 6.46. The van der Waals surface area contributed by atoms with Crippen LogP contribution in [-0.4, -0.2) is 42.3 Å². The van der Waals surface area contributed by atoms with Crippen LogP contribution < -0.4 is 10.6 Å². The van der Waals surface area contributed by atoms with Crippen LogP contribution in [0.25, 0.3) is 5.69 Å². The molecule has 1 fully saturated rings. The monoisotopic (exact) mass is 501 g/mol. The molecule has 3 rings (SSSR count). The van der Waals surface area contributed by atoms with Crippen molar-refractivity contribution in [3.8, 4) is 5.69 Å². The predicted molar refractivity (Wildman–Crippen MR) is 120 cm³/mol. The molecule has 1 saturated carbocycles. The molecule has 0 aliphatic heterocycles. The number of aromatic nitrogens is 2. The van der Waals surface area contributed by atoms with Gasteiger partial charge in [-0.25, -0.2) is 9.37 Å². The van der Waals surface area contributed by atoms with Crippen molar-refractivity contribution >= 4 is 29.9 Å². The Hall–Kier alpha value is -1.68. The third-order valence-corrected chi connectivity index (χ3v) is 4.59. The Morgan fingerprint density at radius 1 is 1.36 bits per heavy atom. The summed E-state index contributed by atoms with van der Waals surface area (Å²) >= 11 is 0. The van der Waals surface area contributed by atoms with Gasteiger partial charge in [-0.15, -0.1) is 24.0 Å². The minimum absolute atomic E-state index is 0. The van der Waals surface area contributed by atoms with Crippen LogP contribution in [0.4, 0.5) is 4.39 Å². The molecular weight excluding hydrogens is 472 g/mol. The van der Waals surface area contributed by atoms with Gasteiger partial charge in [-0.05, 0) is 49.8 Å². The van der Waals surface area contributed by atoms with Gasteiger partial charge in [0.05, 0.1) is 5.69 Å². The SMILES string of the molecule is CN=C(NCCCOCC1CC1)NCc1ccc(-n2ccnc2C)c(F)c1.I. The van der Waals surface area contributed by atoms with Crippen LogP contribution in [0.5, 0.6) is 0 Å². The van der Waals surface area contributed by atoms with Gasteiger partial charge in [-0.1, -0.05) is 6.07 Å². The van der Waals surface area contributed by atoms with E-state index in [4.69, 9.17) is 4.74 Å². The van der Waals surface area contributed by atoms with Gasteiger partial charge < -0.3 is 19.9 Å². The van der Waals surface area contributed by atoms with E-state index in [0.29, 0.717) is 18.2 Å². The Morgan fingerprint density at radius 3 is 2.82 bits per heavy atom. The third-order valence-electron chi connectivity index (χ3n) is 4.59. The fourth-order valence-corrected chi connectivity index (χ4v) is 2.81. The maximum atomic E-state index is 14.4. The van der Waals surface area contributed by atoms with Crippen molar-refractivity contribution in [2.75, 3.05) is 26.8 Å². The van der Waals surface area contributed by atoms with Crippen molar-refractivity contribution in [1.29, 1.82) is 0 Å². The zero-order valence-electron chi connectivity index (χ0n) is 16.4. The highest BCUT2D eigenvalue weighted by molar-refractivity contribution is 14.0. The van der Waals surface area contributed by atoms with Gasteiger partial charge in [0.1, 0.15) is 11.6 Å². The molecule has 1 heterocycles. The zero-order chi connectivity index (χ0) is 19.1. The van der Waals surface area contributed by atoms with E-state index >= 15 is 0 Å². The van der Waals surface area contributed by atoms with Crippen LogP contribution in [0, 0.1) is 18.7 Å². The van der Waals surface area contributed by atoms with E-state index in [2.05, 4.69) is 20.6 Å². The van der Waals surface area contributed by atoms with E-state index in [1.807, 2.05) is 13.0 Å². The highest BCUT2D eigenvalue weighted by Gasteiger charge is 2.20. The summed E-state index contributed by atoms with van der Waals surface area (Å²) in [7, 11) is 1.73. The Morgan fingerprint density at radius 2 is 2.18 bits per heavy atom. The van der Waals surface area contributed by atoms with Gasteiger partial charge in [-0.2, -0.15) is 0 Å². The van der Waals surface area contributed by atoms with E-state index in [-0.39, 0.29) is 29.8 Å². The fraction of sp³-hybridized carbons (Fsp3) is 0.500. The normalized spacial score (nSPS) is 13.9. The number of guanidine groups is 1. The van der Waals surface area contributed by atoms with Crippen molar-refractivity contribution < 1.29 is 9.13 Å². The second kappa shape index (κ2) is 11.4. The van der Waals surface area contributed by atoms with Crippen LogP contribution in [0.2, 0.25) is 0 Å². The Kier molecular flexibility index (Phi) is 9.17. The second-order valence-corrected chi connectivity index (χ2v) is 6.85. The third kappa shape index (κ3) is 6.73. The van der Waals surface area contributed by atoms with Crippen molar-refractivity contribution in [3.05, 3.63) is 47.8 Å². The maximum Gasteiger partial charge on any atom is 0.191 e. The molecule has 6 nitrogen and oxygen atoms in total. The molecule has 1 aliphatic rings. The predicted octanol–water partition coefficient (Wildman–Crippen LogP) is 3.42. The first kappa shape index (κ1) is 22.6. The lowest BCUT2D eigenvalue weighted by molar-refractivity contribution is 0.123. The van der Waals surface area contributed by atoms with Crippen LogP contribution >= 0.6 is 24.0 Å². The molecule has 1 aliphatic carbocycles. The molecule has 0 unspecified atom stereocenters. The number of nitrogens with one attached hydrogen (secondary N) is 2. The van der Waals surface area contributed by atoms with Gasteiger partial charge in [0.2, 0.25) is 0 Å². The van der Waals surface area contributed by atoms with Gasteiger partial charge in [0.15, 0.2) is 5.96 Å². The van der Waals surface area contributed by atoms with Crippen LogP contribution in [0.15, 0.2) is 35.6 Å². The lowest BCUT2D eigenvalue weighted by atomic mass is 10.2. The van der Waals surface area contributed by atoms with E-state index in [1.165, 1.54) is 12.8 Å². The van der Waals surface area contributed by atoms with Crippen LogP contribution in [0.3, 0.4) is 0 Å². The smallest absolute Gasteiger partial charge is 0.191 e. The maximum absolute atomic E-state index is 14.4. The average molecular weight is 501 g/mol. The van der Waals surface area contributed by atoms with E-state index in [0.717, 1.165) is 43.5 Å². The Labute approximate surface area is 183 Å². The molecule has 2 aromatic rings. The minimum Gasteiger partial charge on any atom is -0.381 e. The highest BCUT2D eigenvalue weighted by Crippen LogP contribution is 2.28. The quantitative estimate of drug-likeness (QED) is 0.239. The largest absolute Gasteiger partial charge is 0.381 e. The molecule has 1 aromatic heterocycles. The number of rotatable bonds is 9. The van der Waals surface area contributed by atoms with Crippen molar-refractivity contribution in [2.45, 2.75) is 32.7 Å². The first-order valence-electron chi connectivity index (χ1n) is 9.48. The molecule has 0 spiro atoms. The lowest BCUT2D eigenvalue weighted by Gasteiger charge is -2.13. The standard InChI is InChI=1S/C20H28FN5O.HI/c1-15-23-9-10-26(15)19-7-6-17(12-18(19)21)13-25-20(22-2)24-8-3-11-27-14-16-4-5-16;/h6-7,9-10,12,16H,3-5,8,11,13-14H2,1-2H3,(H2,22,24,25);1H. The zero-order valence-corrected chi connectivity index (χ0v) is 18.8. The topological polar surface area (TPSA) is 63.5 Å². The molecule has 0 saturated heterocycles. The number of imidazole rings is 1. The van der Waals surface area contributed by atoms with E-state index in [1.54, 1.807) is 36.1 Å². The molecule has 0 bridgehead atoms. The first-order valence-corrected chi connectivity index (χ1v) is 9.48. The van der Waals surface area contributed by atoms with E-state index in [9.17, 15) is 4.39 Å². The number of aliphatic imine (C=N–C) groups is 1. The van der Waals surface area contributed by atoms with E-state index < -0.39 is 0 Å². The fourth-order valence-electron chi connectivity index (χ4n) is 2.81. The van der Waals surface area contributed by atoms with Crippen molar-refractivity contribution in [1.82, 2.24) is 20.2 Å². The number of hydrogen-bond donors (Lipinski definition) is 2. The molecule has 8 heteroatoms. The summed E-state index contributed by atoms with van der Waals surface area (Å²) in [4.78, 5) is 8.34. The number of aryl methyl sites for hydroxylation is 1. The summed E-state index contributed by atoms with van der Waals surface area (Å²) in [5.41, 5.74) is 1.35. The summed E-state index contributed by atoms with van der Waals surface area (Å²) in [6, 6.07) is 5.22. The van der Waals surface area contributed by atoms with Crippen LogP contribution in [0.1, 0.15) is 30.7 Å². The van der Waals surface area contributed by atoms with Crippen LogP contribution in [-0.2, 0) is 11.3 Å². The Bertz CT molecular complexity index is 776. The summed E-state index contributed by atoms with van der Waals surface area (Å²) < 4.78 is 21.8. The number of benzene rings is 1. The molecule has 0 radical (unpaired) electrons. The molecular formula is C20H29FIN5O. The number of nitrogens with zero attached hydrogens (tertiary/aromatic N) is 3. The highest BCUT2D eigenvalue weighted by atomic mass is 127. The second-order valence-electron chi connectivity index (χ2n) is 6.85. The Balaban J connectivity index is 0.00000280. The lowest BCUT2D eigenvalue weighted by Crippen LogP contribution is -2.37. The van der Waals surface area contributed by atoms with Gasteiger partial charge in [-0.3, -0.25) is 4.99 Å². The molecule has 1 aromatic carbocycles. The summed E-state index contributed by atoms with van der Waals surface area (Å²) in [6.45, 7) is 4.80. The molecule has 2 N–H and O–H groups in total. The molecule has 28 heavy (non-hydrogen) atoms. The molecule has 154 valence electrons. The molecule has 0 amide bonds. The first-order chi connectivity index (χ1) is 13.2. The van der Waals surface area contributed by atoms with Gasteiger partial charge >= 0.3 is 0 Å². The number of halogens is 2.